The van der Waals surface area contributed by atoms with Crippen LogP contribution in [0.3, 0.4) is 0 Å². The highest BCUT2D eigenvalue weighted by Crippen LogP contribution is 2.34. The van der Waals surface area contributed by atoms with E-state index >= 15 is 0 Å². The van der Waals surface area contributed by atoms with Crippen LogP contribution in [0.15, 0.2) is 33.9 Å². The molecule has 0 N–H and O–H groups in total. The second-order valence-electron chi connectivity index (χ2n) is 5.84. The van der Waals surface area contributed by atoms with E-state index in [2.05, 4.69) is 62.4 Å². The Labute approximate surface area is 131 Å². The molecule has 0 saturated carbocycles. The molecule has 6 heteroatoms. The molecule has 1 aliphatic rings. The van der Waals surface area contributed by atoms with Crippen LogP contribution in [-0.4, -0.2) is 31.1 Å². The molecule has 0 amide bonds. The van der Waals surface area contributed by atoms with Gasteiger partial charge < -0.3 is 0 Å². The summed E-state index contributed by atoms with van der Waals surface area (Å²) in [5, 5.41) is 9.70. The molecule has 4 nitrogen and oxygen atoms in total. The summed E-state index contributed by atoms with van der Waals surface area (Å²) in [4.78, 5) is 2.42. The summed E-state index contributed by atoms with van der Waals surface area (Å²) < 4.78 is 3.24. The molecule has 2 aromatic rings. The molecule has 106 valence electrons. The molecule has 2 heterocycles. The molecule has 1 aromatic heterocycles. The molecule has 20 heavy (non-hydrogen) atoms. The standard InChI is InChI=1S/C14H17BrN4S/c1-14(2,3)18-8-19-12(16-17-13(19)20-9-18)10-6-4-5-7-11(10)15/h4-7H,8-9H2,1-3H3. The number of rotatable bonds is 1. The third-order valence-corrected chi connectivity index (χ3v) is 5.13. The number of nitrogens with zero attached hydrogens (tertiary/aromatic N) is 4. The fourth-order valence-electron chi connectivity index (χ4n) is 2.12. The molecular weight excluding hydrogens is 336 g/mol. The summed E-state index contributed by atoms with van der Waals surface area (Å²) in [5.74, 6) is 1.88. The highest BCUT2D eigenvalue weighted by molar-refractivity contribution is 9.10. The molecule has 1 aliphatic heterocycles. The average Bonchev–Trinajstić information content (AvgIpc) is 2.81. The monoisotopic (exact) mass is 352 g/mol. The molecule has 0 bridgehead atoms. The van der Waals surface area contributed by atoms with Gasteiger partial charge in [-0.1, -0.05) is 45.9 Å². The lowest BCUT2D eigenvalue weighted by Crippen LogP contribution is -2.44. The van der Waals surface area contributed by atoms with Gasteiger partial charge in [0.05, 0.1) is 12.5 Å². The van der Waals surface area contributed by atoms with E-state index in [4.69, 9.17) is 0 Å². The lowest BCUT2D eigenvalue weighted by molar-refractivity contribution is 0.115. The van der Waals surface area contributed by atoms with Gasteiger partial charge in [0.1, 0.15) is 0 Å². The van der Waals surface area contributed by atoms with Crippen LogP contribution < -0.4 is 0 Å². The zero-order chi connectivity index (χ0) is 14.3. The van der Waals surface area contributed by atoms with Crippen molar-refractivity contribution in [1.82, 2.24) is 19.7 Å². The SMILES string of the molecule is CC(C)(C)N1CSc2nnc(-c3ccccc3Br)n2C1. The molecular formula is C14H17BrN4S. The molecule has 0 unspecified atom stereocenters. The Morgan fingerprint density at radius 1 is 1.20 bits per heavy atom. The Kier molecular flexibility index (Phi) is 3.64. The van der Waals surface area contributed by atoms with Gasteiger partial charge in [0.2, 0.25) is 0 Å². The van der Waals surface area contributed by atoms with Gasteiger partial charge in [0.25, 0.3) is 0 Å². The predicted octanol–water partition coefficient (Wildman–Crippen LogP) is 3.83. The van der Waals surface area contributed by atoms with Crippen LogP contribution in [0.1, 0.15) is 20.8 Å². The van der Waals surface area contributed by atoms with Crippen molar-refractivity contribution in [2.75, 3.05) is 5.88 Å². The first-order valence-electron chi connectivity index (χ1n) is 6.53. The first kappa shape index (κ1) is 14.1. The fourth-order valence-corrected chi connectivity index (χ4v) is 3.72. The Hall–Kier alpha value is -0.850. The van der Waals surface area contributed by atoms with Gasteiger partial charge in [-0.3, -0.25) is 9.47 Å². The summed E-state index contributed by atoms with van der Waals surface area (Å²) >= 11 is 5.34. The quantitative estimate of drug-likeness (QED) is 0.780. The first-order valence-corrected chi connectivity index (χ1v) is 8.30. The van der Waals surface area contributed by atoms with Crippen molar-refractivity contribution in [1.29, 1.82) is 0 Å². The number of thioether (sulfide) groups is 1. The van der Waals surface area contributed by atoms with Crippen LogP contribution in [0.5, 0.6) is 0 Å². The minimum atomic E-state index is 0.139. The number of fused-ring (bicyclic) bond motifs is 1. The van der Waals surface area contributed by atoms with Gasteiger partial charge >= 0.3 is 0 Å². The van der Waals surface area contributed by atoms with E-state index in [9.17, 15) is 0 Å². The van der Waals surface area contributed by atoms with Crippen LogP contribution in [0.2, 0.25) is 0 Å². The Balaban J connectivity index is 2.02. The number of hydrogen-bond acceptors (Lipinski definition) is 4. The van der Waals surface area contributed by atoms with Gasteiger partial charge in [-0.15, -0.1) is 10.2 Å². The summed E-state index contributed by atoms with van der Waals surface area (Å²) in [5.41, 5.74) is 1.22. The van der Waals surface area contributed by atoms with E-state index in [0.29, 0.717) is 0 Å². The summed E-state index contributed by atoms with van der Waals surface area (Å²) in [7, 11) is 0. The second-order valence-corrected chi connectivity index (χ2v) is 7.61. The Morgan fingerprint density at radius 2 is 1.95 bits per heavy atom. The highest BCUT2D eigenvalue weighted by atomic mass is 79.9. The third-order valence-electron chi connectivity index (χ3n) is 3.44. The average molecular weight is 353 g/mol. The van der Waals surface area contributed by atoms with Crippen molar-refractivity contribution in [2.45, 2.75) is 38.1 Å². The minimum Gasteiger partial charge on any atom is -0.288 e. The van der Waals surface area contributed by atoms with Crippen molar-refractivity contribution in [3.63, 3.8) is 0 Å². The summed E-state index contributed by atoms with van der Waals surface area (Å²) in [6.45, 7) is 7.54. The smallest absolute Gasteiger partial charge is 0.193 e. The maximum absolute atomic E-state index is 4.38. The molecule has 3 rings (SSSR count). The van der Waals surface area contributed by atoms with E-state index in [1.807, 2.05) is 18.2 Å². The van der Waals surface area contributed by atoms with Gasteiger partial charge in [-0.25, -0.2) is 0 Å². The van der Waals surface area contributed by atoms with Crippen molar-refractivity contribution >= 4 is 27.7 Å². The van der Waals surface area contributed by atoms with E-state index in [1.54, 1.807) is 11.8 Å². The van der Waals surface area contributed by atoms with Crippen molar-refractivity contribution in [3.8, 4) is 11.4 Å². The normalized spacial score (nSPS) is 16.2. The zero-order valence-corrected chi connectivity index (χ0v) is 14.2. The van der Waals surface area contributed by atoms with Crippen LogP contribution in [0.25, 0.3) is 11.4 Å². The zero-order valence-electron chi connectivity index (χ0n) is 11.8. The molecule has 1 aromatic carbocycles. The molecule has 0 aliphatic carbocycles. The lowest BCUT2D eigenvalue weighted by atomic mass is 10.1. The van der Waals surface area contributed by atoms with E-state index in [0.717, 1.165) is 33.6 Å². The molecule has 0 spiro atoms. The number of halogens is 1. The van der Waals surface area contributed by atoms with Crippen molar-refractivity contribution < 1.29 is 0 Å². The molecule has 0 atom stereocenters. The molecule has 0 saturated heterocycles. The van der Waals surface area contributed by atoms with Gasteiger partial charge in [0.15, 0.2) is 11.0 Å². The fraction of sp³-hybridized carbons (Fsp3) is 0.429. The Bertz CT molecular complexity index is 632. The van der Waals surface area contributed by atoms with Crippen molar-refractivity contribution in [2.24, 2.45) is 0 Å². The number of aromatic nitrogens is 3. The maximum atomic E-state index is 4.38. The maximum Gasteiger partial charge on any atom is 0.193 e. The lowest BCUT2D eigenvalue weighted by Gasteiger charge is -2.38. The summed E-state index contributed by atoms with van der Waals surface area (Å²) in [6, 6.07) is 8.15. The van der Waals surface area contributed by atoms with Crippen LogP contribution in [0.4, 0.5) is 0 Å². The van der Waals surface area contributed by atoms with Crippen LogP contribution in [0, 0.1) is 0 Å². The minimum absolute atomic E-state index is 0.139. The second kappa shape index (κ2) is 5.16. The molecule has 0 fully saturated rings. The topological polar surface area (TPSA) is 34.0 Å². The third kappa shape index (κ3) is 2.52. The van der Waals surface area contributed by atoms with E-state index in [-0.39, 0.29) is 5.54 Å². The number of hydrogen-bond donors (Lipinski definition) is 0. The van der Waals surface area contributed by atoms with Gasteiger partial charge in [-0.05, 0) is 26.8 Å². The molecule has 0 radical (unpaired) electrons. The van der Waals surface area contributed by atoms with Gasteiger partial charge in [-0.2, -0.15) is 0 Å². The van der Waals surface area contributed by atoms with Crippen molar-refractivity contribution in [3.05, 3.63) is 28.7 Å². The first-order chi connectivity index (χ1) is 9.47. The van der Waals surface area contributed by atoms with Crippen LogP contribution in [-0.2, 0) is 6.67 Å². The highest BCUT2D eigenvalue weighted by Gasteiger charge is 2.29. The summed E-state index contributed by atoms with van der Waals surface area (Å²) in [6.07, 6.45) is 0. The number of benzene rings is 1. The van der Waals surface area contributed by atoms with E-state index < -0.39 is 0 Å². The largest absolute Gasteiger partial charge is 0.288 e. The Morgan fingerprint density at radius 3 is 2.65 bits per heavy atom. The van der Waals surface area contributed by atoms with E-state index in [1.165, 1.54) is 0 Å². The predicted molar refractivity (Wildman–Crippen MR) is 85.5 cm³/mol. The van der Waals surface area contributed by atoms with Crippen LogP contribution >= 0.6 is 27.7 Å². The van der Waals surface area contributed by atoms with Gasteiger partial charge in [0, 0.05) is 15.6 Å².